The summed E-state index contributed by atoms with van der Waals surface area (Å²) in [5, 5.41) is 0. The first-order valence-electron chi connectivity index (χ1n) is 9.48. The van der Waals surface area contributed by atoms with Crippen molar-refractivity contribution in [2.24, 2.45) is 0 Å². The molecule has 0 radical (unpaired) electrons. The average Bonchev–Trinajstić information content (AvgIpc) is 2.97. The molecule has 0 atom stereocenters. The maximum absolute atomic E-state index is 12.8. The van der Waals surface area contributed by atoms with Gasteiger partial charge in [0.2, 0.25) is 0 Å². The van der Waals surface area contributed by atoms with Gasteiger partial charge in [0.05, 0.1) is 31.8 Å². The molecule has 2 fully saturated rings. The Hall–Kier alpha value is -1.61. The van der Waals surface area contributed by atoms with E-state index in [9.17, 15) is 4.79 Å². The van der Waals surface area contributed by atoms with Crippen molar-refractivity contribution >= 4 is 40.3 Å². The summed E-state index contributed by atoms with van der Waals surface area (Å²) in [6.45, 7) is 7.58. The number of benzene rings is 1. The Bertz CT molecular complexity index is 748. The summed E-state index contributed by atoms with van der Waals surface area (Å²) in [5.41, 5.74) is 0.883. The third kappa shape index (κ3) is 5.26. The minimum Gasteiger partial charge on any atom is -0.493 e. The molecule has 1 aromatic carbocycles. The monoisotopic (exact) mass is 422 g/mol. The molecule has 3 rings (SSSR count). The molecule has 2 aliphatic rings. The predicted molar refractivity (Wildman–Crippen MR) is 116 cm³/mol. The normalized spacial score (nSPS) is 19.5. The Morgan fingerprint density at radius 2 is 2.04 bits per heavy atom. The van der Waals surface area contributed by atoms with Crippen molar-refractivity contribution in [3.05, 3.63) is 28.7 Å². The number of hydrogen-bond acceptors (Lipinski definition) is 7. The van der Waals surface area contributed by atoms with E-state index in [1.54, 1.807) is 12.0 Å². The Labute approximate surface area is 175 Å². The van der Waals surface area contributed by atoms with Crippen LogP contribution in [0.2, 0.25) is 0 Å². The van der Waals surface area contributed by atoms with Crippen LogP contribution in [0.4, 0.5) is 0 Å². The lowest BCUT2D eigenvalue weighted by Gasteiger charge is -2.27. The van der Waals surface area contributed by atoms with Gasteiger partial charge in [0, 0.05) is 26.2 Å². The van der Waals surface area contributed by atoms with Gasteiger partial charge in [-0.1, -0.05) is 30.0 Å². The van der Waals surface area contributed by atoms with E-state index in [0.717, 1.165) is 44.8 Å². The molecule has 2 aliphatic heterocycles. The molecule has 1 amide bonds. The number of amides is 1. The molecule has 0 N–H and O–H groups in total. The van der Waals surface area contributed by atoms with Crippen LogP contribution in [0.15, 0.2) is 23.1 Å². The number of thiocarbonyl (C=S) groups is 1. The first-order chi connectivity index (χ1) is 13.6. The maximum atomic E-state index is 12.8. The molecule has 152 valence electrons. The number of carbonyl (C=O) groups is 1. The molecule has 0 aliphatic carbocycles. The topological polar surface area (TPSA) is 51.2 Å². The highest BCUT2D eigenvalue weighted by Crippen LogP contribution is 2.34. The zero-order valence-electron chi connectivity index (χ0n) is 16.3. The number of carbonyl (C=O) groups excluding carboxylic acids is 1. The van der Waals surface area contributed by atoms with Crippen molar-refractivity contribution in [1.82, 2.24) is 9.80 Å². The van der Waals surface area contributed by atoms with Crippen LogP contribution in [0.3, 0.4) is 0 Å². The summed E-state index contributed by atoms with van der Waals surface area (Å²) in [7, 11) is 1.61. The Morgan fingerprint density at radius 1 is 1.25 bits per heavy atom. The summed E-state index contributed by atoms with van der Waals surface area (Å²) in [5.74, 6) is 1.32. The fraction of sp³-hybridized carbons (Fsp3) is 0.500. The molecular formula is C20H26N2O4S2. The number of hydrogen-bond donors (Lipinski definition) is 0. The van der Waals surface area contributed by atoms with Crippen LogP contribution in [0.25, 0.3) is 6.08 Å². The van der Waals surface area contributed by atoms with E-state index in [0.29, 0.717) is 33.9 Å². The third-order valence-electron chi connectivity index (χ3n) is 4.62. The van der Waals surface area contributed by atoms with Gasteiger partial charge in [-0.3, -0.25) is 14.6 Å². The number of ether oxygens (including phenoxy) is 3. The molecule has 6 nitrogen and oxygen atoms in total. The van der Waals surface area contributed by atoms with Gasteiger partial charge >= 0.3 is 0 Å². The van der Waals surface area contributed by atoms with Crippen molar-refractivity contribution in [2.75, 3.05) is 53.1 Å². The van der Waals surface area contributed by atoms with E-state index < -0.39 is 0 Å². The van der Waals surface area contributed by atoms with Crippen molar-refractivity contribution in [1.29, 1.82) is 0 Å². The lowest BCUT2D eigenvalue weighted by molar-refractivity contribution is -0.122. The second-order valence-corrected chi connectivity index (χ2v) is 8.16. The highest BCUT2D eigenvalue weighted by atomic mass is 32.2. The van der Waals surface area contributed by atoms with Gasteiger partial charge in [0.15, 0.2) is 11.5 Å². The summed E-state index contributed by atoms with van der Waals surface area (Å²) < 4.78 is 16.9. The van der Waals surface area contributed by atoms with Gasteiger partial charge in [-0.25, -0.2) is 0 Å². The highest BCUT2D eigenvalue weighted by molar-refractivity contribution is 8.26. The summed E-state index contributed by atoms with van der Waals surface area (Å²) in [6.07, 6.45) is 2.76. The summed E-state index contributed by atoms with van der Waals surface area (Å²) in [4.78, 5) is 17.5. The lowest BCUT2D eigenvalue weighted by atomic mass is 10.2. The number of nitrogens with zero attached hydrogens (tertiary/aromatic N) is 2. The lowest BCUT2D eigenvalue weighted by Crippen LogP contribution is -2.38. The Kier molecular flexibility index (Phi) is 7.73. The van der Waals surface area contributed by atoms with Crippen LogP contribution in [-0.2, 0) is 9.53 Å². The minimum absolute atomic E-state index is 0.0233. The van der Waals surface area contributed by atoms with Gasteiger partial charge in [0.1, 0.15) is 4.32 Å². The molecule has 0 bridgehead atoms. The minimum atomic E-state index is -0.0233. The van der Waals surface area contributed by atoms with Crippen molar-refractivity contribution < 1.29 is 19.0 Å². The van der Waals surface area contributed by atoms with E-state index in [-0.39, 0.29) is 5.91 Å². The molecule has 0 spiro atoms. The van der Waals surface area contributed by atoms with Gasteiger partial charge in [-0.2, -0.15) is 0 Å². The number of thioether (sulfide) groups is 1. The van der Waals surface area contributed by atoms with Crippen LogP contribution in [0.5, 0.6) is 11.5 Å². The number of methoxy groups -OCH3 is 1. The molecular weight excluding hydrogens is 396 g/mol. The van der Waals surface area contributed by atoms with Gasteiger partial charge in [-0.15, -0.1) is 0 Å². The third-order valence-corrected chi connectivity index (χ3v) is 6.00. The van der Waals surface area contributed by atoms with Crippen LogP contribution in [0.1, 0.15) is 18.9 Å². The second-order valence-electron chi connectivity index (χ2n) is 6.48. The molecule has 8 heteroatoms. The smallest absolute Gasteiger partial charge is 0.266 e. The van der Waals surface area contributed by atoms with Crippen LogP contribution in [0, 0.1) is 0 Å². The van der Waals surface area contributed by atoms with Gasteiger partial charge < -0.3 is 14.2 Å². The van der Waals surface area contributed by atoms with E-state index in [2.05, 4.69) is 4.90 Å². The van der Waals surface area contributed by atoms with Crippen molar-refractivity contribution in [3.63, 3.8) is 0 Å². The van der Waals surface area contributed by atoms with Crippen molar-refractivity contribution in [3.8, 4) is 11.5 Å². The summed E-state index contributed by atoms with van der Waals surface area (Å²) in [6, 6.07) is 5.64. The zero-order chi connectivity index (χ0) is 19.9. The van der Waals surface area contributed by atoms with Crippen LogP contribution >= 0.6 is 24.0 Å². The van der Waals surface area contributed by atoms with E-state index in [4.69, 9.17) is 26.4 Å². The number of rotatable bonds is 8. The maximum Gasteiger partial charge on any atom is 0.266 e. The fourth-order valence-electron chi connectivity index (χ4n) is 3.17. The molecule has 1 aromatic rings. The predicted octanol–water partition coefficient (Wildman–Crippen LogP) is 3.02. The number of morpholine rings is 1. The van der Waals surface area contributed by atoms with E-state index in [1.165, 1.54) is 11.8 Å². The molecule has 2 heterocycles. The molecule has 28 heavy (non-hydrogen) atoms. The largest absolute Gasteiger partial charge is 0.493 e. The van der Waals surface area contributed by atoms with E-state index in [1.807, 2.05) is 31.2 Å². The van der Waals surface area contributed by atoms with E-state index >= 15 is 0 Å². The SMILES string of the molecule is CCOc1ccc(/C=C2/SC(=S)N(CCCN3CCOCC3)C2=O)cc1OC. The quantitative estimate of drug-likeness (QED) is 0.471. The molecule has 0 saturated carbocycles. The zero-order valence-corrected chi connectivity index (χ0v) is 17.9. The first kappa shape index (κ1) is 21.1. The summed E-state index contributed by atoms with van der Waals surface area (Å²) >= 11 is 6.79. The standard InChI is InChI=1S/C20H26N2O4S2/c1-3-26-16-6-5-15(13-17(16)24-2)14-18-19(23)22(20(27)28-18)8-4-7-21-9-11-25-12-10-21/h5-6,13-14H,3-4,7-12H2,1-2H3/b18-14+. The van der Waals surface area contributed by atoms with Gasteiger partial charge in [-0.05, 0) is 37.1 Å². The highest BCUT2D eigenvalue weighted by Gasteiger charge is 2.31. The average molecular weight is 423 g/mol. The van der Waals surface area contributed by atoms with Gasteiger partial charge in [0.25, 0.3) is 5.91 Å². The second kappa shape index (κ2) is 10.2. The molecule has 2 saturated heterocycles. The Morgan fingerprint density at radius 3 is 2.75 bits per heavy atom. The van der Waals surface area contributed by atoms with Crippen LogP contribution < -0.4 is 9.47 Å². The first-order valence-corrected chi connectivity index (χ1v) is 10.7. The molecule has 0 unspecified atom stereocenters. The van der Waals surface area contributed by atoms with Crippen molar-refractivity contribution in [2.45, 2.75) is 13.3 Å². The Balaban J connectivity index is 1.62. The fourth-order valence-corrected chi connectivity index (χ4v) is 4.48. The van der Waals surface area contributed by atoms with Crippen LogP contribution in [-0.4, -0.2) is 73.1 Å². The molecule has 0 aromatic heterocycles.